The summed E-state index contributed by atoms with van der Waals surface area (Å²) in [4.78, 5) is 0. The molecule has 1 fully saturated rings. The highest BCUT2D eigenvalue weighted by Crippen LogP contribution is 2.13. The van der Waals surface area contributed by atoms with E-state index in [0.29, 0.717) is 6.10 Å². The number of benzene rings is 1. The molecule has 0 radical (unpaired) electrons. The smallest absolute Gasteiger partial charge is 0.119 e. The molecule has 94 valence electrons. The van der Waals surface area contributed by atoms with Gasteiger partial charge < -0.3 is 14.8 Å². The molecular formula is C14H21NO2. The van der Waals surface area contributed by atoms with Gasteiger partial charge in [0.2, 0.25) is 0 Å². The Bertz CT molecular complexity index is 335. The molecule has 1 unspecified atom stereocenters. The number of ether oxygens (including phenoxy) is 2. The van der Waals surface area contributed by atoms with Gasteiger partial charge in [0, 0.05) is 19.7 Å². The minimum atomic E-state index is 0.398. The Kier molecular flexibility index (Phi) is 4.83. The van der Waals surface area contributed by atoms with Crippen molar-refractivity contribution in [2.45, 2.75) is 31.9 Å². The van der Waals surface area contributed by atoms with Crippen molar-refractivity contribution >= 4 is 0 Å². The molecule has 0 aromatic heterocycles. The standard InChI is InChI=1S/C14H21NO2/c1-16-13-7-4-5-12(9-13)10-15-11-14-6-2-3-8-17-14/h4-5,7,9,14-15H,2-3,6,8,10-11H2,1H3. The first-order chi connectivity index (χ1) is 8.38. The van der Waals surface area contributed by atoms with E-state index in [1.807, 2.05) is 12.1 Å². The van der Waals surface area contributed by atoms with Crippen molar-refractivity contribution in [3.63, 3.8) is 0 Å². The number of hydrogen-bond acceptors (Lipinski definition) is 3. The van der Waals surface area contributed by atoms with E-state index in [1.165, 1.54) is 24.8 Å². The fourth-order valence-electron chi connectivity index (χ4n) is 2.13. The second-order valence-corrected chi connectivity index (χ2v) is 4.47. The highest BCUT2D eigenvalue weighted by atomic mass is 16.5. The molecule has 2 rings (SSSR count). The molecule has 17 heavy (non-hydrogen) atoms. The van der Waals surface area contributed by atoms with Gasteiger partial charge in [0.1, 0.15) is 5.75 Å². The van der Waals surface area contributed by atoms with Gasteiger partial charge in [0.15, 0.2) is 0 Å². The van der Waals surface area contributed by atoms with Gasteiger partial charge in [-0.25, -0.2) is 0 Å². The van der Waals surface area contributed by atoms with Gasteiger partial charge in [0.25, 0.3) is 0 Å². The maximum absolute atomic E-state index is 5.67. The minimum absolute atomic E-state index is 0.398. The summed E-state index contributed by atoms with van der Waals surface area (Å²) in [5, 5.41) is 3.44. The van der Waals surface area contributed by atoms with E-state index in [9.17, 15) is 0 Å². The lowest BCUT2D eigenvalue weighted by atomic mass is 10.1. The fraction of sp³-hybridized carbons (Fsp3) is 0.571. The van der Waals surface area contributed by atoms with E-state index in [0.717, 1.165) is 25.4 Å². The van der Waals surface area contributed by atoms with Crippen LogP contribution >= 0.6 is 0 Å². The largest absolute Gasteiger partial charge is 0.497 e. The third kappa shape index (κ3) is 4.02. The first kappa shape index (κ1) is 12.4. The monoisotopic (exact) mass is 235 g/mol. The molecule has 0 bridgehead atoms. The van der Waals surface area contributed by atoms with Crippen LogP contribution in [0.15, 0.2) is 24.3 Å². The SMILES string of the molecule is COc1cccc(CNCC2CCCCO2)c1. The summed E-state index contributed by atoms with van der Waals surface area (Å²) in [6.07, 6.45) is 4.09. The normalized spacial score (nSPS) is 20.2. The van der Waals surface area contributed by atoms with Crippen molar-refractivity contribution in [3.8, 4) is 5.75 Å². The zero-order valence-corrected chi connectivity index (χ0v) is 10.4. The van der Waals surface area contributed by atoms with E-state index in [-0.39, 0.29) is 0 Å². The Morgan fingerprint density at radius 1 is 1.41 bits per heavy atom. The molecule has 1 aliphatic rings. The van der Waals surface area contributed by atoms with Crippen LogP contribution in [0.3, 0.4) is 0 Å². The van der Waals surface area contributed by atoms with Crippen molar-refractivity contribution in [3.05, 3.63) is 29.8 Å². The van der Waals surface area contributed by atoms with Crippen LogP contribution in [0.4, 0.5) is 0 Å². The van der Waals surface area contributed by atoms with Crippen molar-refractivity contribution in [2.75, 3.05) is 20.3 Å². The zero-order chi connectivity index (χ0) is 11.9. The molecule has 0 spiro atoms. The summed E-state index contributed by atoms with van der Waals surface area (Å²) in [5.74, 6) is 0.915. The molecule has 1 N–H and O–H groups in total. The minimum Gasteiger partial charge on any atom is -0.497 e. The molecule has 1 heterocycles. The van der Waals surface area contributed by atoms with Crippen molar-refractivity contribution < 1.29 is 9.47 Å². The van der Waals surface area contributed by atoms with Crippen LogP contribution in [0.25, 0.3) is 0 Å². The molecular weight excluding hydrogens is 214 g/mol. The van der Waals surface area contributed by atoms with Crippen LogP contribution in [0.1, 0.15) is 24.8 Å². The summed E-state index contributed by atoms with van der Waals surface area (Å²) in [6, 6.07) is 8.16. The Hall–Kier alpha value is -1.06. The fourth-order valence-corrected chi connectivity index (χ4v) is 2.13. The Morgan fingerprint density at radius 2 is 2.35 bits per heavy atom. The summed E-state index contributed by atoms with van der Waals surface area (Å²) >= 11 is 0. The van der Waals surface area contributed by atoms with E-state index in [4.69, 9.17) is 9.47 Å². The van der Waals surface area contributed by atoms with Gasteiger partial charge >= 0.3 is 0 Å². The molecule has 0 saturated carbocycles. The Balaban J connectivity index is 1.73. The topological polar surface area (TPSA) is 30.5 Å². The lowest BCUT2D eigenvalue weighted by Crippen LogP contribution is -2.31. The average molecular weight is 235 g/mol. The van der Waals surface area contributed by atoms with Gasteiger partial charge in [-0.15, -0.1) is 0 Å². The predicted molar refractivity (Wildman–Crippen MR) is 68.3 cm³/mol. The molecule has 3 heteroatoms. The second-order valence-electron chi connectivity index (χ2n) is 4.47. The van der Waals surface area contributed by atoms with Crippen LogP contribution in [0.5, 0.6) is 5.75 Å². The molecule has 3 nitrogen and oxygen atoms in total. The van der Waals surface area contributed by atoms with Crippen LogP contribution in [-0.2, 0) is 11.3 Å². The highest BCUT2D eigenvalue weighted by Gasteiger charge is 2.12. The van der Waals surface area contributed by atoms with Crippen LogP contribution in [0, 0.1) is 0 Å². The van der Waals surface area contributed by atoms with Gasteiger partial charge in [0.05, 0.1) is 13.2 Å². The predicted octanol–water partition coefficient (Wildman–Crippen LogP) is 2.35. The van der Waals surface area contributed by atoms with E-state index >= 15 is 0 Å². The van der Waals surface area contributed by atoms with Gasteiger partial charge in [-0.2, -0.15) is 0 Å². The lowest BCUT2D eigenvalue weighted by Gasteiger charge is -2.22. The maximum Gasteiger partial charge on any atom is 0.119 e. The molecule has 1 atom stereocenters. The second kappa shape index (κ2) is 6.62. The van der Waals surface area contributed by atoms with Crippen molar-refractivity contribution in [1.29, 1.82) is 0 Å². The van der Waals surface area contributed by atoms with E-state index < -0.39 is 0 Å². The molecule has 1 aromatic rings. The van der Waals surface area contributed by atoms with Gasteiger partial charge in [-0.1, -0.05) is 12.1 Å². The molecule has 1 saturated heterocycles. The first-order valence-electron chi connectivity index (χ1n) is 6.34. The Morgan fingerprint density at radius 3 is 3.12 bits per heavy atom. The summed E-state index contributed by atoms with van der Waals surface area (Å²) in [7, 11) is 1.70. The molecule has 1 aromatic carbocycles. The van der Waals surface area contributed by atoms with E-state index in [1.54, 1.807) is 7.11 Å². The Labute approximate surface area is 103 Å². The van der Waals surface area contributed by atoms with Crippen LogP contribution in [0.2, 0.25) is 0 Å². The molecule has 0 aliphatic carbocycles. The van der Waals surface area contributed by atoms with Crippen LogP contribution < -0.4 is 10.1 Å². The third-order valence-electron chi connectivity index (χ3n) is 3.11. The first-order valence-corrected chi connectivity index (χ1v) is 6.34. The maximum atomic E-state index is 5.67. The summed E-state index contributed by atoms with van der Waals surface area (Å²) < 4.78 is 10.9. The summed E-state index contributed by atoms with van der Waals surface area (Å²) in [5.41, 5.74) is 1.25. The third-order valence-corrected chi connectivity index (χ3v) is 3.11. The van der Waals surface area contributed by atoms with Gasteiger partial charge in [-0.05, 0) is 37.0 Å². The lowest BCUT2D eigenvalue weighted by molar-refractivity contribution is 0.0168. The number of rotatable bonds is 5. The van der Waals surface area contributed by atoms with Crippen molar-refractivity contribution in [1.82, 2.24) is 5.32 Å². The molecule has 1 aliphatic heterocycles. The zero-order valence-electron chi connectivity index (χ0n) is 10.4. The average Bonchev–Trinajstić information content (AvgIpc) is 2.40. The summed E-state index contributed by atoms with van der Waals surface area (Å²) in [6.45, 7) is 2.74. The number of nitrogens with one attached hydrogen (secondary N) is 1. The number of hydrogen-bond donors (Lipinski definition) is 1. The number of methoxy groups -OCH3 is 1. The van der Waals surface area contributed by atoms with Gasteiger partial charge in [-0.3, -0.25) is 0 Å². The van der Waals surface area contributed by atoms with E-state index in [2.05, 4.69) is 17.4 Å². The highest BCUT2D eigenvalue weighted by molar-refractivity contribution is 5.28. The quantitative estimate of drug-likeness (QED) is 0.850. The van der Waals surface area contributed by atoms with Crippen molar-refractivity contribution in [2.24, 2.45) is 0 Å². The van der Waals surface area contributed by atoms with Crippen LogP contribution in [-0.4, -0.2) is 26.4 Å². The molecule has 0 amide bonds.